The minimum absolute atomic E-state index is 0.150. The second-order valence-electron chi connectivity index (χ2n) is 6.29. The number of carbonyl (C=O) groups excluding carboxylic acids is 1. The number of hydrogen-bond acceptors (Lipinski definition) is 5. The van der Waals surface area contributed by atoms with E-state index in [1.165, 1.54) is 0 Å². The van der Waals surface area contributed by atoms with Gasteiger partial charge in [-0.05, 0) is 49.2 Å². The number of para-hydroxylation sites is 2. The van der Waals surface area contributed by atoms with Crippen LogP contribution in [0.25, 0.3) is 11.0 Å². The first-order valence-electron chi connectivity index (χ1n) is 9.17. The normalized spacial score (nSPS) is 11.1. The summed E-state index contributed by atoms with van der Waals surface area (Å²) < 4.78 is 12.8. The van der Waals surface area contributed by atoms with Crippen LogP contribution in [-0.2, 0) is 11.3 Å². The van der Waals surface area contributed by atoms with Crippen LogP contribution < -0.4 is 14.9 Å². The quantitative estimate of drug-likeness (QED) is 0.480. The number of methoxy groups -OCH3 is 1. The number of ether oxygens (including phenoxy) is 2. The van der Waals surface area contributed by atoms with Crippen molar-refractivity contribution in [2.75, 3.05) is 13.7 Å². The highest BCUT2D eigenvalue weighted by Gasteiger charge is 2.10. The monoisotopic (exact) mass is 380 g/mol. The zero-order valence-corrected chi connectivity index (χ0v) is 16.3. The Labute approximate surface area is 164 Å². The molecule has 1 heterocycles. The van der Waals surface area contributed by atoms with E-state index in [9.17, 15) is 4.79 Å². The van der Waals surface area contributed by atoms with Crippen LogP contribution in [-0.4, -0.2) is 35.4 Å². The molecule has 0 radical (unpaired) electrons. The topological polar surface area (TPSA) is 77.7 Å². The van der Waals surface area contributed by atoms with Crippen molar-refractivity contribution in [1.29, 1.82) is 0 Å². The van der Waals surface area contributed by atoms with Gasteiger partial charge in [-0.25, -0.2) is 10.4 Å². The molecular weight excluding hydrogens is 356 g/mol. The molecule has 0 aliphatic carbocycles. The third kappa shape index (κ3) is 4.49. The summed E-state index contributed by atoms with van der Waals surface area (Å²) in [6.45, 7) is 4.70. The third-order valence-electron chi connectivity index (χ3n) is 4.20. The van der Waals surface area contributed by atoms with Crippen LogP contribution in [0.4, 0.5) is 0 Å². The van der Waals surface area contributed by atoms with Crippen LogP contribution in [0.2, 0.25) is 0 Å². The maximum Gasteiger partial charge on any atom is 0.260 e. The lowest BCUT2D eigenvalue weighted by atomic mass is 10.2. The highest BCUT2D eigenvalue weighted by Crippen LogP contribution is 2.27. The number of aromatic nitrogens is 2. The van der Waals surface area contributed by atoms with E-state index in [4.69, 9.17) is 9.47 Å². The summed E-state index contributed by atoms with van der Waals surface area (Å²) >= 11 is 0. The van der Waals surface area contributed by atoms with Crippen molar-refractivity contribution in [2.45, 2.75) is 26.8 Å². The van der Waals surface area contributed by atoms with Gasteiger partial charge >= 0.3 is 0 Å². The first kappa shape index (κ1) is 19.4. The summed E-state index contributed by atoms with van der Waals surface area (Å²) in [5.41, 5.74) is 5.15. The third-order valence-corrected chi connectivity index (χ3v) is 4.20. The van der Waals surface area contributed by atoms with Crippen LogP contribution in [0.15, 0.2) is 47.6 Å². The molecule has 0 saturated heterocycles. The molecule has 0 bridgehead atoms. The number of rotatable bonds is 8. The second-order valence-corrected chi connectivity index (χ2v) is 6.29. The van der Waals surface area contributed by atoms with Gasteiger partial charge in [-0.3, -0.25) is 4.79 Å². The van der Waals surface area contributed by atoms with E-state index in [1.807, 2.05) is 60.9 Å². The lowest BCUT2D eigenvalue weighted by molar-refractivity contribution is -0.121. The van der Waals surface area contributed by atoms with E-state index in [0.717, 1.165) is 28.8 Å². The Hall–Kier alpha value is -3.35. The Balaban J connectivity index is 1.64. The number of hydrazone groups is 1. The minimum Gasteiger partial charge on any atom is -0.493 e. The van der Waals surface area contributed by atoms with Crippen LogP contribution in [0.3, 0.4) is 0 Å². The minimum atomic E-state index is -0.225. The van der Waals surface area contributed by atoms with E-state index in [-0.39, 0.29) is 12.5 Å². The molecule has 28 heavy (non-hydrogen) atoms. The number of imidazole rings is 1. The smallest absolute Gasteiger partial charge is 0.260 e. The molecule has 0 aliphatic heterocycles. The molecule has 0 unspecified atom stereocenters. The molecule has 2 aromatic carbocycles. The first-order chi connectivity index (χ1) is 13.6. The fraction of sp³-hybridized carbons (Fsp3) is 0.286. The van der Waals surface area contributed by atoms with Crippen molar-refractivity contribution in [3.05, 3.63) is 53.9 Å². The summed E-state index contributed by atoms with van der Waals surface area (Å²) in [5.74, 6) is 1.88. The predicted molar refractivity (Wildman–Crippen MR) is 109 cm³/mol. The largest absolute Gasteiger partial charge is 0.493 e. The summed E-state index contributed by atoms with van der Waals surface area (Å²) in [4.78, 5) is 16.7. The molecule has 1 aromatic heterocycles. The van der Waals surface area contributed by atoms with E-state index >= 15 is 0 Å². The Morgan fingerprint density at radius 3 is 2.86 bits per heavy atom. The van der Waals surface area contributed by atoms with Gasteiger partial charge in [0.25, 0.3) is 5.91 Å². The van der Waals surface area contributed by atoms with Crippen LogP contribution in [0.5, 0.6) is 11.5 Å². The maximum absolute atomic E-state index is 12.3. The Morgan fingerprint density at radius 1 is 1.25 bits per heavy atom. The van der Waals surface area contributed by atoms with Gasteiger partial charge in [0, 0.05) is 0 Å². The molecule has 146 valence electrons. The van der Waals surface area contributed by atoms with E-state index < -0.39 is 0 Å². The standard InChI is InChI=1S/C21H24N4O3/c1-4-11-28-19-10-9-16(12-20(19)27-3)13-22-24-21(26)14-25-15(2)23-17-7-5-6-8-18(17)25/h5-10,12-13H,4,11,14H2,1-3H3,(H,24,26)/b22-13-. The van der Waals surface area contributed by atoms with E-state index in [0.29, 0.717) is 18.1 Å². The zero-order valence-electron chi connectivity index (χ0n) is 16.3. The molecule has 3 rings (SSSR count). The highest BCUT2D eigenvalue weighted by atomic mass is 16.5. The summed E-state index contributed by atoms with van der Waals surface area (Å²) in [5, 5.41) is 4.04. The Kier molecular flexibility index (Phi) is 6.26. The van der Waals surface area contributed by atoms with Crippen molar-refractivity contribution in [3.63, 3.8) is 0 Å². The molecule has 0 atom stereocenters. The molecule has 0 saturated carbocycles. The molecule has 7 heteroatoms. The van der Waals surface area contributed by atoms with Gasteiger partial charge in [0.15, 0.2) is 11.5 Å². The van der Waals surface area contributed by atoms with Gasteiger partial charge in [-0.2, -0.15) is 5.10 Å². The van der Waals surface area contributed by atoms with Crippen molar-refractivity contribution in [1.82, 2.24) is 15.0 Å². The van der Waals surface area contributed by atoms with Crippen LogP contribution in [0, 0.1) is 6.92 Å². The number of aryl methyl sites for hydroxylation is 1. The molecule has 0 aliphatic rings. The van der Waals surface area contributed by atoms with Gasteiger partial charge in [0.05, 0.1) is 31.0 Å². The van der Waals surface area contributed by atoms with Crippen molar-refractivity contribution >= 4 is 23.2 Å². The SMILES string of the molecule is CCCOc1ccc(/C=N\NC(=O)Cn2c(C)nc3ccccc32)cc1OC. The zero-order chi connectivity index (χ0) is 19.9. The second kappa shape index (κ2) is 9.03. The molecule has 0 fully saturated rings. The lowest BCUT2D eigenvalue weighted by Gasteiger charge is -2.10. The van der Waals surface area contributed by atoms with Gasteiger partial charge in [-0.15, -0.1) is 0 Å². The average Bonchev–Trinajstić information content (AvgIpc) is 3.02. The highest BCUT2D eigenvalue weighted by molar-refractivity contribution is 5.84. The predicted octanol–water partition coefficient (Wildman–Crippen LogP) is 3.29. The average molecular weight is 380 g/mol. The van der Waals surface area contributed by atoms with Gasteiger partial charge in [0.1, 0.15) is 12.4 Å². The number of hydrogen-bond donors (Lipinski definition) is 1. The summed E-state index contributed by atoms with van der Waals surface area (Å²) in [6.07, 6.45) is 2.49. The van der Waals surface area contributed by atoms with Gasteiger partial charge in [0.2, 0.25) is 0 Å². The first-order valence-corrected chi connectivity index (χ1v) is 9.17. The number of nitrogens with zero attached hydrogens (tertiary/aromatic N) is 3. The van der Waals surface area contributed by atoms with Crippen molar-refractivity contribution < 1.29 is 14.3 Å². The van der Waals surface area contributed by atoms with Crippen molar-refractivity contribution in [3.8, 4) is 11.5 Å². The molecule has 1 amide bonds. The number of amides is 1. The molecule has 1 N–H and O–H groups in total. The molecule has 0 spiro atoms. The van der Waals surface area contributed by atoms with Gasteiger partial charge < -0.3 is 14.0 Å². The molecule has 3 aromatic rings. The van der Waals surface area contributed by atoms with Gasteiger partial charge in [-0.1, -0.05) is 19.1 Å². The lowest BCUT2D eigenvalue weighted by Crippen LogP contribution is -2.23. The number of nitrogens with one attached hydrogen (secondary N) is 1. The summed E-state index contributed by atoms with van der Waals surface area (Å²) in [7, 11) is 1.59. The number of fused-ring (bicyclic) bond motifs is 1. The Morgan fingerprint density at radius 2 is 2.07 bits per heavy atom. The molecular formula is C21H24N4O3. The van der Waals surface area contributed by atoms with Crippen LogP contribution in [0.1, 0.15) is 24.7 Å². The fourth-order valence-electron chi connectivity index (χ4n) is 2.85. The van der Waals surface area contributed by atoms with Crippen LogP contribution >= 0.6 is 0 Å². The number of benzene rings is 2. The number of carbonyl (C=O) groups is 1. The summed E-state index contributed by atoms with van der Waals surface area (Å²) in [6, 6.07) is 13.2. The fourth-order valence-corrected chi connectivity index (χ4v) is 2.85. The van der Waals surface area contributed by atoms with Crippen molar-refractivity contribution in [2.24, 2.45) is 5.10 Å². The maximum atomic E-state index is 12.3. The molecule has 7 nitrogen and oxygen atoms in total. The van der Waals surface area contributed by atoms with E-state index in [2.05, 4.69) is 15.5 Å². The van der Waals surface area contributed by atoms with E-state index in [1.54, 1.807) is 13.3 Å². The Bertz CT molecular complexity index is 994.